The van der Waals surface area contributed by atoms with Gasteiger partial charge in [0.2, 0.25) is 0 Å². The fourth-order valence-electron chi connectivity index (χ4n) is 1.39. The van der Waals surface area contributed by atoms with Gasteiger partial charge in [-0.3, -0.25) is 0 Å². The van der Waals surface area contributed by atoms with E-state index in [1.807, 2.05) is 32.3 Å². The SMILES string of the molecule is CN(C)Cc1cccc([C@H](N)CO)c1. The zero-order valence-corrected chi connectivity index (χ0v) is 8.77. The smallest absolute Gasteiger partial charge is 0.0624 e. The van der Waals surface area contributed by atoms with Gasteiger partial charge in [0, 0.05) is 6.54 Å². The lowest BCUT2D eigenvalue weighted by molar-refractivity contribution is 0.268. The number of nitrogens with zero attached hydrogens (tertiary/aromatic N) is 1. The van der Waals surface area contributed by atoms with E-state index in [4.69, 9.17) is 10.8 Å². The summed E-state index contributed by atoms with van der Waals surface area (Å²) in [6, 6.07) is 7.76. The summed E-state index contributed by atoms with van der Waals surface area (Å²) in [7, 11) is 4.05. The summed E-state index contributed by atoms with van der Waals surface area (Å²) in [5.74, 6) is 0. The molecular formula is C11H18N2O. The predicted octanol–water partition coefficient (Wildman–Crippen LogP) is 0.740. The molecule has 3 heteroatoms. The Morgan fingerprint density at radius 2 is 2.14 bits per heavy atom. The standard InChI is InChI=1S/C11H18N2O/c1-13(2)7-9-4-3-5-10(6-9)11(12)8-14/h3-6,11,14H,7-8,12H2,1-2H3/t11-/m1/s1. The maximum absolute atomic E-state index is 8.93. The molecule has 0 saturated carbocycles. The number of benzene rings is 1. The van der Waals surface area contributed by atoms with Crippen LogP contribution in [0.15, 0.2) is 24.3 Å². The third-order valence-electron chi connectivity index (χ3n) is 2.07. The molecule has 0 spiro atoms. The average molecular weight is 194 g/mol. The Hall–Kier alpha value is -0.900. The number of aliphatic hydroxyl groups is 1. The lowest BCUT2D eigenvalue weighted by Crippen LogP contribution is -2.15. The molecule has 0 aliphatic rings. The van der Waals surface area contributed by atoms with E-state index in [-0.39, 0.29) is 12.6 Å². The van der Waals surface area contributed by atoms with Gasteiger partial charge in [-0.1, -0.05) is 24.3 Å². The highest BCUT2D eigenvalue weighted by Gasteiger charge is 2.04. The van der Waals surface area contributed by atoms with Crippen molar-refractivity contribution in [3.05, 3.63) is 35.4 Å². The van der Waals surface area contributed by atoms with Gasteiger partial charge in [-0.2, -0.15) is 0 Å². The minimum absolute atomic E-state index is 0.00851. The maximum Gasteiger partial charge on any atom is 0.0624 e. The number of hydrogen-bond donors (Lipinski definition) is 2. The molecule has 0 aliphatic heterocycles. The van der Waals surface area contributed by atoms with Gasteiger partial charge in [0.25, 0.3) is 0 Å². The minimum Gasteiger partial charge on any atom is -0.394 e. The molecule has 1 rings (SSSR count). The second kappa shape index (κ2) is 5.10. The van der Waals surface area contributed by atoms with Crippen LogP contribution in [-0.2, 0) is 6.54 Å². The first-order valence-corrected chi connectivity index (χ1v) is 4.73. The van der Waals surface area contributed by atoms with Crippen LogP contribution in [-0.4, -0.2) is 30.7 Å². The number of hydrogen-bond acceptors (Lipinski definition) is 3. The quantitative estimate of drug-likeness (QED) is 0.743. The summed E-state index contributed by atoms with van der Waals surface area (Å²) in [6.45, 7) is 0.886. The highest BCUT2D eigenvalue weighted by atomic mass is 16.3. The summed E-state index contributed by atoms with van der Waals surface area (Å²) in [6.07, 6.45) is 0. The van der Waals surface area contributed by atoms with Crippen molar-refractivity contribution in [1.29, 1.82) is 0 Å². The van der Waals surface area contributed by atoms with Crippen molar-refractivity contribution >= 4 is 0 Å². The Kier molecular flexibility index (Phi) is 4.07. The monoisotopic (exact) mass is 194 g/mol. The van der Waals surface area contributed by atoms with Crippen LogP contribution >= 0.6 is 0 Å². The molecule has 78 valence electrons. The molecule has 14 heavy (non-hydrogen) atoms. The minimum atomic E-state index is -0.267. The van der Waals surface area contributed by atoms with Gasteiger partial charge in [-0.15, -0.1) is 0 Å². The van der Waals surface area contributed by atoms with Gasteiger partial charge in [-0.05, 0) is 25.2 Å². The van der Waals surface area contributed by atoms with E-state index in [1.165, 1.54) is 5.56 Å². The first kappa shape index (κ1) is 11.2. The Balaban J connectivity index is 2.78. The van der Waals surface area contributed by atoms with Gasteiger partial charge in [-0.25, -0.2) is 0 Å². The maximum atomic E-state index is 8.93. The molecule has 3 N–H and O–H groups in total. The topological polar surface area (TPSA) is 49.5 Å². The first-order chi connectivity index (χ1) is 6.63. The van der Waals surface area contributed by atoms with E-state index in [0.29, 0.717) is 0 Å². The molecule has 1 atom stereocenters. The zero-order valence-electron chi connectivity index (χ0n) is 8.77. The third-order valence-corrected chi connectivity index (χ3v) is 2.07. The fraction of sp³-hybridized carbons (Fsp3) is 0.455. The second-order valence-electron chi connectivity index (χ2n) is 3.77. The van der Waals surface area contributed by atoms with E-state index >= 15 is 0 Å². The molecule has 0 heterocycles. The van der Waals surface area contributed by atoms with Crippen LogP contribution in [0.1, 0.15) is 17.2 Å². The Labute approximate surface area is 85.2 Å². The summed E-state index contributed by atoms with van der Waals surface area (Å²) in [5.41, 5.74) is 7.94. The first-order valence-electron chi connectivity index (χ1n) is 4.73. The van der Waals surface area contributed by atoms with Crippen molar-refractivity contribution in [2.75, 3.05) is 20.7 Å². The summed E-state index contributed by atoms with van der Waals surface area (Å²) < 4.78 is 0. The van der Waals surface area contributed by atoms with Crippen molar-refractivity contribution in [2.24, 2.45) is 5.73 Å². The second-order valence-corrected chi connectivity index (χ2v) is 3.77. The van der Waals surface area contributed by atoms with Crippen molar-refractivity contribution < 1.29 is 5.11 Å². The number of aliphatic hydroxyl groups excluding tert-OH is 1. The molecule has 0 amide bonds. The van der Waals surface area contributed by atoms with Crippen LogP contribution in [0, 0.1) is 0 Å². The number of nitrogens with two attached hydrogens (primary N) is 1. The molecule has 0 aliphatic carbocycles. The van der Waals surface area contributed by atoms with Crippen molar-refractivity contribution in [1.82, 2.24) is 4.90 Å². The molecule has 0 aromatic heterocycles. The molecule has 0 saturated heterocycles. The van der Waals surface area contributed by atoms with Crippen LogP contribution in [0.4, 0.5) is 0 Å². The van der Waals surface area contributed by atoms with E-state index in [9.17, 15) is 0 Å². The Bertz CT molecular complexity index is 286. The van der Waals surface area contributed by atoms with Crippen molar-refractivity contribution in [3.63, 3.8) is 0 Å². The van der Waals surface area contributed by atoms with Crippen LogP contribution in [0.3, 0.4) is 0 Å². The lowest BCUT2D eigenvalue weighted by atomic mass is 10.1. The Morgan fingerprint density at radius 1 is 1.43 bits per heavy atom. The summed E-state index contributed by atoms with van der Waals surface area (Å²) >= 11 is 0. The van der Waals surface area contributed by atoms with Gasteiger partial charge in [0.15, 0.2) is 0 Å². The van der Waals surface area contributed by atoms with Crippen LogP contribution in [0.5, 0.6) is 0 Å². The highest BCUT2D eigenvalue weighted by molar-refractivity contribution is 5.25. The van der Waals surface area contributed by atoms with Crippen molar-refractivity contribution in [2.45, 2.75) is 12.6 Å². The van der Waals surface area contributed by atoms with Gasteiger partial charge < -0.3 is 15.7 Å². The van der Waals surface area contributed by atoms with E-state index in [2.05, 4.69) is 11.0 Å². The van der Waals surface area contributed by atoms with Gasteiger partial charge >= 0.3 is 0 Å². The normalized spacial score (nSPS) is 13.2. The molecule has 1 aromatic carbocycles. The molecule has 0 unspecified atom stereocenters. The molecular weight excluding hydrogens is 176 g/mol. The summed E-state index contributed by atoms with van der Waals surface area (Å²) in [5, 5.41) is 8.93. The van der Waals surface area contributed by atoms with Crippen molar-refractivity contribution in [3.8, 4) is 0 Å². The average Bonchev–Trinajstić information content (AvgIpc) is 2.16. The highest BCUT2D eigenvalue weighted by Crippen LogP contribution is 2.12. The van der Waals surface area contributed by atoms with Gasteiger partial charge in [0.1, 0.15) is 0 Å². The van der Waals surface area contributed by atoms with E-state index in [1.54, 1.807) is 0 Å². The number of rotatable bonds is 4. The zero-order chi connectivity index (χ0) is 10.6. The molecule has 0 bridgehead atoms. The Morgan fingerprint density at radius 3 is 2.71 bits per heavy atom. The van der Waals surface area contributed by atoms with Crippen LogP contribution in [0.2, 0.25) is 0 Å². The predicted molar refractivity (Wildman–Crippen MR) is 57.8 cm³/mol. The van der Waals surface area contributed by atoms with Gasteiger partial charge in [0.05, 0.1) is 12.6 Å². The fourth-order valence-corrected chi connectivity index (χ4v) is 1.39. The van der Waals surface area contributed by atoms with E-state index < -0.39 is 0 Å². The third kappa shape index (κ3) is 3.10. The van der Waals surface area contributed by atoms with E-state index in [0.717, 1.165) is 12.1 Å². The molecule has 0 radical (unpaired) electrons. The lowest BCUT2D eigenvalue weighted by Gasteiger charge is -2.13. The molecule has 1 aromatic rings. The largest absolute Gasteiger partial charge is 0.394 e. The summed E-state index contributed by atoms with van der Waals surface area (Å²) in [4.78, 5) is 2.10. The molecule has 3 nitrogen and oxygen atoms in total. The van der Waals surface area contributed by atoms with Crippen LogP contribution < -0.4 is 5.73 Å². The van der Waals surface area contributed by atoms with Crippen LogP contribution in [0.25, 0.3) is 0 Å². The molecule has 0 fully saturated rings.